The average Bonchev–Trinajstić information content (AvgIpc) is 2.34. The van der Waals surface area contributed by atoms with Gasteiger partial charge in [-0.2, -0.15) is 0 Å². The molecule has 0 aromatic carbocycles. The predicted octanol–water partition coefficient (Wildman–Crippen LogP) is 1.75. The van der Waals surface area contributed by atoms with E-state index in [4.69, 9.17) is 0 Å². The Bertz CT molecular complexity index is 447. The second kappa shape index (κ2) is 2.42. The van der Waals surface area contributed by atoms with E-state index in [1.165, 1.54) is 11.3 Å². The number of thiophene rings is 1. The van der Waals surface area contributed by atoms with E-state index in [-0.39, 0.29) is 5.56 Å². The summed E-state index contributed by atoms with van der Waals surface area (Å²) >= 11 is 4.50. The molecule has 1 N–H and O–H groups in total. The standard InChI is InChI=1S/C6H3BrN2OS/c7-6-8-3-1-2-11-4(3)5(10)9-6/h1-2H,(H,8,9,10). The second-order valence-corrected chi connectivity index (χ2v) is 3.66. The summed E-state index contributed by atoms with van der Waals surface area (Å²) in [6, 6.07) is 1.82. The Labute approximate surface area is 74.2 Å². The number of nitrogens with one attached hydrogen (secondary N) is 1. The zero-order valence-electron chi connectivity index (χ0n) is 5.30. The minimum absolute atomic E-state index is 0.0862. The van der Waals surface area contributed by atoms with Crippen LogP contribution in [0.3, 0.4) is 0 Å². The lowest BCUT2D eigenvalue weighted by atomic mass is 10.5. The summed E-state index contributed by atoms with van der Waals surface area (Å²) in [5, 5.41) is 1.85. The van der Waals surface area contributed by atoms with E-state index in [0.29, 0.717) is 9.43 Å². The van der Waals surface area contributed by atoms with Gasteiger partial charge in [-0.1, -0.05) is 0 Å². The van der Waals surface area contributed by atoms with Gasteiger partial charge in [-0.05, 0) is 27.4 Å². The van der Waals surface area contributed by atoms with Gasteiger partial charge in [0.05, 0.1) is 5.52 Å². The first-order chi connectivity index (χ1) is 5.27. The van der Waals surface area contributed by atoms with Gasteiger partial charge in [0.2, 0.25) is 0 Å². The molecule has 0 saturated carbocycles. The van der Waals surface area contributed by atoms with Crippen LogP contribution in [0.5, 0.6) is 0 Å². The van der Waals surface area contributed by atoms with Crippen molar-refractivity contribution in [3.05, 3.63) is 26.5 Å². The first-order valence-electron chi connectivity index (χ1n) is 2.90. The van der Waals surface area contributed by atoms with Crippen LogP contribution in [0.4, 0.5) is 0 Å². The second-order valence-electron chi connectivity index (χ2n) is 1.99. The molecular formula is C6H3BrN2OS. The largest absolute Gasteiger partial charge is 0.300 e. The minimum Gasteiger partial charge on any atom is -0.300 e. The number of halogens is 1. The van der Waals surface area contributed by atoms with Crippen LogP contribution in [0.1, 0.15) is 0 Å². The molecule has 2 heterocycles. The van der Waals surface area contributed by atoms with E-state index in [0.717, 1.165) is 5.52 Å². The molecule has 0 amide bonds. The van der Waals surface area contributed by atoms with Crippen LogP contribution in [0.25, 0.3) is 10.2 Å². The van der Waals surface area contributed by atoms with Crippen LogP contribution in [-0.4, -0.2) is 9.97 Å². The van der Waals surface area contributed by atoms with Gasteiger partial charge in [0.15, 0.2) is 4.73 Å². The topological polar surface area (TPSA) is 45.8 Å². The van der Waals surface area contributed by atoms with Gasteiger partial charge >= 0.3 is 0 Å². The van der Waals surface area contributed by atoms with Crippen molar-refractivity contribution in [2.24, 2.45) is 0 Å². The monoisotopic (exact) mass is 230 g/mol. The van der Waals surface area contributed by atoms with Crippen molar-refractivity contribution >= 4 is 37.5 Å². The Kier molecular flexibility index (Phi) is 1.54. The third kappa shape index (κ3) is 1.10. The zero-order chi connectivity index (χ0) is 7.84. The SMILES string of the molecule is O=c1[nH]c(Br)nc2ccsc12. The molecule has 0 spiro atoms. The Morgan fingerprint density at radius 1 is 1.64 bits per heavy atom. The zero-order valence-corrected chi connectivity index (χ0v) is 7.70. The van der Waals surface area contributed by atoms with Crippen LogP contribution in [-0.2, 0) is 0 Å². The van der Waals surface area contributed by atoms with Crippen molar-refractivity contribution < 1.29 is 0 Å². The lowest BCUT2D eigenvalue weighted by Gasteiger charge is -1.88. The van der Waals surface area contributed by atoms with Crippen molar-refractivity contribution in [1.29, 1.82) is 0 Å². The molecule has 0 atom stereocenters. The molecular weight excluding hydrogens is 228 g/mol. The fourth-order valence-corrected chi connectivity index (χ4v) is 1.94. The third-order valence-corrected chi connectivity index (χ3v) is 2.56. The summed E-state index contributed by atoms with van der Waals surface area (Å²) in [7, 11) is 0. The summed E-state index contributed by atoms with van der Waals surface area (Å²) in [5.74, 6) is 0. The number of nitrogens with zero attached hydrogens (tertiary/aromatic N) is 1. The average molecular weight is 231 g/mol. The number of hydrogen-bond donors (Lipinski definition) is 1. The van der Waals surface area contributed by atoms with Crippen molar-refractivity contribution in [3.8, 4) is 0 Å². The van der Waals surface area contributed by atoms with Crippen molar-refractivity contribution in [1.82, 2.24) is 9.97 Å². The Morgan fingerprint density at radius 3 is 3.27 bits per heavy atom. The molecule has 0 radical (unpaired) electrons. The van der Waals surface area contributed by atoms with Crippen LogP contribution in [0, 0.1) is 0 Å². The van der Waals surface area contributed by atoms with Crippen molar-refractivity contribution in [3.63, 3.8) is 0 Å². The molecule has 2 aromatic rings. The molecule has 0 unspecified atom stereocenters. The maximum absolute atomic E-state index is 11.1. The molecule has 0 aliphatic carbocycles. The molecule has 56 valence electrons. The summed E-state index contributed by atoms with van der Waals surface area (Å²) in [5.41, 5.74) is 0.655. The van der Waals surface area contributed by atoms with Gasteiger partial charge in [0, 0.05) is 0 Å². The highest BCUT2D eigenvalue weighted by molar-refractivity contribution is 9.10. The molecule has 0 aliphatic heterocycles. The smallest absolute Gasteiger partial charge is 0.269 e. The molecule has 0 fully saturated rings. The van der Waals surface area contributed by atoms with E-state index < -0.39 is 0 Å². The van der Waals surface area contributed by atoms with E-state index in [2.05, 4.69) is 25.9 Å². The van der Waals surface area contributed by atoms with Gasteiger partial charge in [0.1, 0.15) is 4.70 Å². The Hall–Kier alpha value is -0.680. The third-order valence-electron chi connectivity index (χ3n) is 1.29. The molecule has 2 rings (SSSR count). The Morgan fingerprint density at radius 2 is 2.45 bits per heavy atom. The lowest BCUT2D eigenvalue weighted by molar-refractivity contribution is 1.12. The molecule has 0 bridgehead atoms. The quantitative estimate of drug-likeness (QED) is 0.702. The van der Waals surface area contributed by atoms with Gasteiger partial charge < -0.3 is 0 Å². The number of aromatic nitrogens is 2. The summed E-state index contributed by atoms with van der Waals surface area (Å²) < 4.78 is 1.15. The molecule has 3 nitrogen and oxygen atoms in total. The minimum atomic E-state index is -0.0862. The van der Waals surface area contributed by atoms with Crippen LogP contribution >= 0.6 is 27.3 Å². The fraction of sp³-hybridized carbons (Fsp3) is 0. The van der Waals surface area contributed by atoms with Crippen LogP contribution < -0.4 is 5.56 Å². The highest BCUT2D eigenvalue weighted by atomic mass is 79.9. The van der Waals surface area contributed by atoms with Crippen molar-refractivity contribution in [2.75, 3.05) is 0 Å². The lowest BCUT2D eigenvalue weighted by Crippen LogP contribution is -2.05. The highest BCUT2D eigenvalue weighted by Crippen LogP contribution is 2.14. The summed E-state index contributed by atoms with van der Waals surface area (Å²) in [6.45, 7) is 0. The maximum atomic E-state index is 11.1. The number of H-pyrrole nitrogens is 1. The first-order valence-corrected chi connectivity index (χ1v) is 4.57. The van der Waals surface area contributed by atoms with Crippen LogP contribution in [0.2, 0.25) is 0 Å². The number of aromatic amines is 1. The van der Waals surface area contributed by atoms with E-state index in [9.17, 15) is 4.79 Å². The normalized spacial score (nSPS) is 10.6. The first kappa shape index (κ1) is 7.00. The molecule has 0 saturated heterocycles. The number of hydrogen-bond acceptors (Lipinski definition) is 3. The van der Waals surface area contributed by atoms with Gasteiger partial charge in [0.25, 0.3) is 5.56 Å². The van der Waals surface area contributed by atoms with E-state index in [1.807, 2.05) is 11.4 Å². The van der Waals surface area contributed by atoms with E-state index >= 15 is 0 Å². The molecule has 0 aliphatic rings. The van der Waals surface area contributed by atoms with Crippen molar-refractivity contribution in [2.45, 2.75) is 0 Å². The number of rotatable bonds is 0. The van der Waals surface area contributed by atoms with Crippen LogP contribution in [0.15, 0.2) is 21.0 Å². The molecule has 11 heavy (non-hydrogen) atoms. The summed E-state index contributed by atoms with van der Waals surface area (Å²) in [4.78, 5) is 17.8. The van der Waals surface area contributed by atoms with Gasteiger partial charge in [-0.3, -0.25) is 9.78 Å². The maximum Gasteiger partial charge on any atom is 0.269 e. The predicted molar refractivity (Wildman–Crippen MR) is 47.9 cm³/mol. The number of fused-ring (bicyclic) bond motifs is 1. The summed E-state index contributed by atoms with van der Waals surface area (Å²) in [6.07, 6.45) is 0. The van der Waals surface area contributed by atoms with E-state index in [1.54, 1.807) is 0 Å². The molecule has 5 heteroatoms. The fourth-order valence-electron chi connectivity index (χ4n) is 0.845. The Balaban J connectivity index is 3.02. The van der Waals surface area contributed by atoms with Gasteiger partial charge in [-0.25, -0.2) is 4.98 Å². The highest BCUT2D eigenvalue weighted by Gasteiger charge is 2.01. The van der Waals surface area contributed by atoms with Gasteiger partial charge in [-0.15, -0.1) is 11.3 Å². The molecule has 2 aromatic heterocycles.